The summed E-state index contributed by atoms with van der Waals surface area (Å²) in [5.41, 5.74) is 3.48. The van der Waals surface area contributed by atoms with Gasteiger partial charge in [-0.25, -0.2) is 4.79 Å². The van der Waals surface area contributed by atoms with Crippen molar-refractivity contribution in [1.82, 2.24) is 10.8 Å². The highest BCUT2D eigenvalue weighted by molar-refractivity contribution is 5.84. The molecule has 1 aromatic carbocycles. The van der Waals surface area contributed by atoms with Gasteiger partial charge in [-0.3, -0.25) is 9.63 Å². The molecule has 0 fully saturated rings. The van der Waals surface area contributed by atoms with Crippen LogP contribution in [0.25, 0.3) is 0 Å². The maximum Gasteiger partial charge on any atom is 0.227 e. The molecule has 0 aromatic heterocycles. The van der Waals surface area contributed by atoms with Crippen molar-refractivity contribution in [2.45, 2.75) is 98.3 Å². The minimum Gasteiger partial charge on any atom is -0.493 e. The number of amides is 1. The molecule has 1 aromatic rings. The molecule has 9 heteroatoms. The van der Waals surface area contributed by atoms with Crippen LogP contribution < -0.4 is 20.3 Å². The molecule has 0 aliphatic heterocycles. The average molecular weight is 565 g/mol. The van der Waals surface area contributed by atoms with E-state index < -0.39 is 23.7 Å². The monoisotopic (exact) mass is 564 g/mol. The number of hydrogen-bond donors (Lipinski definition) is 4. The summed E-state index contributed by atoms with van der Waals surface area (Å²) < 4.78 is 11.3. The van der Waals surface area contributed by atoms with E-state index in [-0.39, 0.29) is 29.9 Å². The number of carbonyl (C=O) groups is 1. The van der Waals surface area contributed by atoms with Crippen LogP contribution >= 0.6 is 0 Å². The maximum atomic E-state index is 12.7. The molecule has 0 aliphatic rings. The minimum absolute atomic E-state index is 0.00414. The van der Waals surface area contributed by atoms with Crippen LogP contribution in [0.1, 0.15) is 79.7 Å². The van der Waals surface area contributed by atoms with Crippen molar-refractivity contribution in [3.63, 3.8) is 0 Å². The summed E-state index contributed by atoms with van der Waals surface area (Å²) in [5, 5.41) is 23.3. The number of hydroxylamine groups is 1. The first-order chi connectivity index (χ1) is 18.9. The summed E-state index contributed by atoms with van der Waals surface area (Å²) in [4.78, 5) is 30.6. The largest absolute Gasteiger partial charge is 0.493 e. The molecule has 0 spiro atoms. The highest BCUT2D eigenvalue weighted by atomic mass is 16.7. The number of carbonyl (C=O) groups excluding carboxylic acids is 2. The van der Waals surface area contributed by atoms with Crippen LogP contribution in [0.5, 0.6) is 11.5 Å². The topological polar surface area (TPSA) is 126 Å². The molecule has 0 heterocycles. The molecule has 4 N–H and O–H groups in total. The fourth-order valence-electron chi connectivity index (χ4n) is 4.23. The van der Waals surface area contributed by atoms with Crippen LogP contribution in [-0.2, 0) is 20.8 Å². The standard InChI is InChI=1S/C31H52N2O7/c1-9-10-14-32-30(37)22(4)25(20-35)29(36)26(33-40-31(5,6)7)19-24(21(2)3)17-23-12-13-27(38-8)28(18-23)39-16-11-15-34/h12-13,18,21-22,24,26,29,33-34,36H,9-11,14-17,19H2,1-8H3,(H,32,37)/t22-,24+,26+,29+/m1/s1. The summed E-state index contributed by atoms with van der Waals surface area (Å²) in [5.74, 6) is 2.24. The van der Waals surface area contributed by atoms with E-state index in [4.69, 9.17) is 19.4 Å². The number of benzene rings is 1. The lowest BCUT2D eigenvalue weighted by Gasteiger charge is -2.33. The van der Waals surface area contributed by atoms with Gasteiger partial charge in [0.1, 0.15) is 12.0 Å². The molecule has 0 saturated carbocycles. The summed E-state index contributed by atoms with van der Waals surface area (Å²) in [6, 6.07) is 5.13. The first kappa shape index (κ1) is 35.6. The van der Waals surface area contributed by atoms with E-state index in [9.17, 15) is 14.7 Å². The quantitative estimate of drug-likeness (QED) is 0.113. The van der Waals surface area contributed by atoms with Gasteiger partial charge in [-0.05, 0) is 76.5 Å². The molecule has 9 nitrogen and oxygen atoms in total. The van der Waals surface area contributed by atoms with E-state index in [0.29, 0.717) is 43.9 Å². The van der Waals surface area contributed by atoms with Crippen molar-refractivity contribution in [3.05, 3.63) is 29.3 Å². The molecule has 228 valence electrons. The van der Waals surface area contributed by atoms with Crippen molar-refractivity contribution >= 4 is 11.8 Å². The van der Waals surface area contributed by atoms with E-state index >= 15 is 0 Å². The van der Waals surface area contributed by atoms with Gasteiger partial charge < -0.3 is 25.0 Å². The highest BCUT2D eigenvalue weighted by Gasteiger charge is 2.34. The highest BCUT2D eigenvalue weighted by Crippen LogP contribution is 2.32. The number of unbranched alkanes of at least 4 members (excludes halogenated alkanes) is 1. The molecule has 1 amide bonds. The zero-order valence-corrected chi connectivity index (χ0v) is 25.7. The van der Waals surface area contributed by atoms with Gasteiger partial charge in [0.2, 0.25) is 5.91 Å². The van der Waals surface area contributed by atoms with E-state index in [1.165, 1.54) is 0 Å². The van der Waals surface area contributed by atoms with Crippen LogP contribution in [-0.4, -0.2) is 66.7 Å². The van der Waals surface area contributed by atoms with Gasteiger partial charge in [0, 0.05) is 19.6 Å². The molecule has 40 heavy (non-hydrogen) atoms. The summed E-state index contributed by atoms with van der Waals surface area (Å²) in [6.45, 7) is 14.5. The smallest absolute Gasteiger partial charge is 0.227 e. The van der Waals surface area contributed by atoms with Gasteiger partial charge in [0.15, 0.2) is 11.5 Å². The van der Waals surface area contributed by atoms with E-state index in [0.717, 1.165) is 18.4 Å². The third-order valence-electron chi connectivity index (χ3n) is 6.81. The third kappa shape index (κ3) is 12.4. The molecular weight excluding hydrogens is 512 g/mol. The van der Waals surface area contributed by atoms with Gasteiger partial charge in [0.05, 0.1) is 36.9 Å². The van der Waals surface area contributed by atoms with Crippen LogP contribution in [0.15, 0.2) is 23.8 Å². The SMILES string of the molecule is CCCCNC(=O)[C@H](C)C(=C=O)[C@H](O)[C@H](C[C@H](Cc1ccc(OC)c(OCCCO)c1)C(C)C)NOC(C)(C)C. The molecule has 0 radical (unpaired) electrons. The van der Waals surface area contributed by atoms with Crippen molar-refractivity contribution in [2.24, 2.45) is 17.8 Å². The maximum absolute atomic E-state index is 12.7. The second kappa shape index (κ2) is 18.1. The van der Waals surface area contributed by atoms with Gasteiger partial charge in [-0.15, -0.1) is 0 Å². The Morgan fingerprint density at radius 2 is 1.82 bits per heavy atom. The molecule has 1 rings (SSSR count). The van der Waals surface area contributed by atoms with Gasteiger partial charge >= 0.3 is 0 Å². The Labute approximate surface area is 240 Å². The first-order valence-corrected chi connectivity index (χ1v) is 14.4. The normalized spacial score (nSPS) is 14.7. The van der Waals surface area contributed by atoms with Crippen molar-refractivity contribution in [1.29, 1.82) is 0 Å². The van der Waals surface area contributed by atoms with Gasteiger partial charge in [-0.2, -0.15) is 5.48 Å². The molecule has 0 bridgehead atoms. The molecular formula is C31H52N2O7. The zero-order valence-electron chi connectivity index (χ0n) is 25.7. The van der Waals surface area contributed by atoms with Crippen molar-refractivity contribution < 1.29 is 34.1 Å². The number of methoxy groups -OCH3 is 1. The minimum atomic E-state index is -1.28. The molecule has 0 aliphatic carbocycles. The number of hydrogen-bond acceptors (Lipinski definition) is 8. The van der Waals surface area contributed by atoms with E-state index in [1.54, 1.807) is 14.0 Å². The summed E-state index contributed by atoms with van der Waals surface area (Å²) in [6.07, 6.45) is 2.15. The second-order valence-electron chi connectivity index (χ2n) is 11.7. The van der Waals surface area contributed by atoms with Crippen LogP contribution in [0.4, 0.5) is 0 Å². The predicted molar refractivity (Wildman–Crippen MR) is 157 cm³/mol. The predicted octanol–water partition coefficient (Wildman–Crippen LogP) is 4.02. The lowest BCUT2D eigenvalue weighted by Crippen LogP contribution is -2.48. The summed E-state index contributed by atoms with van der Waals surface area (Å²) >= 11 is 0. The Morgan fingerprint density at radius 1 is 1.12 bits per heavy atom. The number of ether oxygens (including phenoxy) is 2. The Morgan fingerprint density at radius 3 is 2.38 bits per heavy atom. The van der Waals surface area contributed by atoms with Crippen LogP contribution in [0.2, 0.25) is 0 Å². The van der Waals surface area contributed by atoms with E-state index in [1.807, 2.05) is 51.8 Å². The van der Waals surface area contributed by atoms with Gasteiger partial charge in [0.25, 0.3) is 0 Å². The Bertz CT molecular complexity index is 938. The number of aliphatic hydroxyl groups excluding tert-OH is 2. The van der Waals surface area contributed by atoms with Crippen molar-refractivity contribution in [2.75, 3.05) is 26.9 Å². The lowest BCUT2D eigenvalue weighted by atomic mass is 9.81. The number of nitrogens with one attached hydrogen (secondary N) is 2. The average Bonchev–Trinajstić information content (AvgIpc) is 2.90. The summed E-state index contributed by atoms with van der Waals surface area (Å²) in [7, 11) is 1.58. The van der Waals surface area contributed by atoms with Crippen LogP contribution in [0.3, 0.4) is 0 Å². The lowest BCUT2D eigenvalue weighted by molar-refractivity contribution is -0.124. The fourth-order valence-corrected chi connectivity index (χ4v) is 4.23. The number of aliphatic hydroxyl groups is 2. The Balaban J connectivity index is 3.21. The second-order valence-corrected chi connectivity index (χ2v) is 11.7. The molecule has 4 atom stereocenters. The third-order valence-corrected chi connectivity index (χ3v) is 6.81. The first-order valence-electron chi connectivity index (χ1n) is 14.4. The Kier molecular flexibility index (Phi) is 16.1. The number of rotatable bonds is 19. The van der Waals surface area contributed by atoms with Crippen LogP contribution in [0, 0.1) is 17.8 Å². The van der Waals surface area contributed by atoms with Gasteiger partial charge in [-0.1, -0.05) is 33.3 Å². The fraction of sp³-hybridized carbons (Fsp3) is 0.710. The Hall–Kier alpha value is -2.42. The zero-order chi connectivity index (χ0) is 30.3. The van der Waals surface area contributed by atoms with Crippen molar-refractivity contribution in [3.8, 4) is 11.5 Å². The molecule has 0 unspecified atom stereocenters. The molecule has 0 saturated heterocycles. The van der Waals surface area contributed by atoms with E-state index in [2.05, 4.69) is 24.6 Å².